The smallest absolute Gasteiger partial charge is 0.139 e. The fourth-order valence-electron chi connectivity index (χ4n) is 2.19. The Kier molecular flexibility index (Phi) is 7.86. The Labute approximate surface area is 139 Å². The first-order chi connectivity index (χ1) is 9.89. The van der Waals surface area contributed by atoms with Crippen LogP contribution in [0, 0.1) is 5.41 Å². The molecule has 0 amide bonds. The van der Waals surface area contributed by atoms with Gasteiger partial charge in [0.1, 0.15) is 5.75 Å². The Bertz CT molecular complexity index is 447. The standard InChI is InChI=1S/C17H27Cl2NO/c1-5-9-20-12-17(3,4)8-7-13-10-15(19)16(21-6-2)11-14(13)18/h10-11,20H,5-9,12H2,1-4H3. The quantitative estimate of drug-likeness (QED) is 0.616. The molecule has 0 aliphatic heterocycles. The Morgan fingerprint density at radius 3 is 2.48 bits per heavy atom. The highest BCUT2D eigenvalue weighted by Gasteiger charge is 2.18. The van der Waals surface area contributed by atoms with Gasteiger partial charge in [0.25, 0.3) is 0 Å². The van der Waals surface area contributed by atoms with Crippen LogP contribution in [0.1, 0.15) is 46.1 Å². The Balaban J connectivity index is 2.64. The van der Waals surface area contributed by atoms with Crippen LogP contribution in [0.5, 0.6) is 5.75 Å². The molecule has 120 valence electrons. The molecule has 1 aromatic carbocycles. The van der Waals surface area contributed by atoms with Gasteiger partial charge in [-0.05, 0) is 49.8 Å². The lowest BCUT2D eigenvalue weighted by Crippen LogP contribution is -2.30. The minimum absolute atomic E-state index is 0.240. The Morgan fingerprint density at radius 1 is 1.14 bits per heavy atom. The summed E-state index contributed by atoms with van der Waals surface area (Å²) in [4.78, 5) is 0. The largest absolute Gasteiger partial charge is 0.492 e. The Hall–Kier alpha value is -0.440. The first-order valence-electron chi connectivity index (χ1n) is 7.71. The van der Waals surface area contributed by atoms with Gasteiger partial charge in [0.05, 0.1) is 11.6 Å². The van der Waals surface area contributed by atoms with Crippen LogP contribution in [-0.4, -0.2) is 19.7 Å². The van der Waals surface area contributed by atoms with Crippen LogP contribution >= 0.6 is 23.2 Å². The minimum atomic E-state index is 0.240. The van der Waals surface area contributed by atoms with E-state index in [1.807, 2.05) is 19.1 Å². The number of halogens is 2. The molecule has 0 saturated carbocycles. The summed E-state index contributed by atoms with van der Waals surface area (Å²) in [5.74, 6) is 0.664. The molecule has 0 bridgehead atoms. The molecule has 2 nitrogen and oxygen atoms in total. The second-order valence-electron chi connectivity index (χ2n) is 6.15. The van der Waals surface area contributed by atoms with E-state index in [1.54, 1.807) is 0 Å². The van der Waals surface area contributed by atoms with E-state index < -0.39 is 0 Å². The number of rotatable bonds is 9. The van der Waals surface area contributed by atoms with Crippen molar-refractivity contribution in [1.29, 1.82) is 0 Å². The molecule has 1 aromatic rings. The van der Waals surface area contributed by atoms with Crippen LogP contribution in [0.2, 0.25) is 10.0 Å². The summed E-state index contributed by atoms with van der Waals surface area (Å²) in [5.41, 5.74) is 1.33. The number of hydrogen-bond acceptors (Lipinski definition) is 2. The van der Waals surface area contributed by atoms with Crippen LogP contribution in [-0.2, 0) is 6.42 Å². The number of hydrogen-bond donors (Lipinski definition) is 1. The fourth-order valence-corrected chi connectivity index (χ4v) is 2.68. The van der Waals surface area contributed by atoms with Crippen LogP contribution in [0.3, 0.4) is 0 Å². The van der Waals surface area contributed by atoms with Crippen LogP contribution in [0.4, 0.5) is 0 Å². The molecule has 0 radical (unpaired) electrons. The lowest BCUT2D eigenvalue weighted by molar-refractivity contribution is 0.315. The van der Waals surface area contributed by atoms with Crippen molar-refractivity contribution in [1.82, 2.24) is 5.32 Å². The lowest BCUT2D eigenvalue weighted by atomic mass is 9.86. The van der Waals surface area contributed by atoms with Gasteiger partial charge in [-0.3, -0.25) is 0 Å². The van der Waals surface area contributed by atoms with Crippen molar-refractivity contribution in [3.63, 3.8) is 0 Å². The first-order valence-corrected chi connectivity index (χ1v) is 8.46. The van der Waals surface area contributed by atoms with Crippen molar-refractivity contribution >= 4 is 23.2 Å². The van der Waals surface area contributed by atoms with Gasteiger partial charge < -0.3 is 10.1 Å². The van der Waals surface area contributed by atoms with E-state index in [9.17, 15) is 0 Å². The summed E-state index contributed by atoms with van der Waals surface area (Å²) in [5, 5.41) is 4.86. The van der Waals surface area contributed by atoms with E-state index in [-0.39, 0.29) is 5.41 Å². The van der Waals surface area contributed by atoms with Gasteiger partial charge in [-0.1, -0.05) is 44.0 Å². The van der Waals surface area contributed by atoms with Gasteiger partial charge in [-0.15, -0.1) is 0 Å². The number of ether oxygens (including phenoxy) is 1. The van der Waals surface area contributed by atoms with E-state index in [0.717, 1.165) is 42.9 Å². The van der Waals surface area contributed by atoms with E-state index in [4.69, 9.17) is 27.9 Å². The highest BCUT2D eigenvalue weighted by atomic mass is 35.5. The average Bonchev–Trinajstić information content (AvgIpc) is 2.41. The summed E-state index contributed by atoms with van der Waals surface area (Å²) >= 11 is 12.6. The number of aryl methyl sites for hydroxylation is 1. The molecule has 1 rings (SSSR count). The normalized spacial score (nSPS) is 11.7. The molecule has 0 fully saturated rings. The first kappa shape index (κ1) is 18.6. The molecule has 0 atom stereocenters. The maximum Gasteiger partial charge on any atom is 0.139 e. The lowest BCUT2D eigenvalue weighted by Gasteiger charge is -2.25. The van der Waals surface area contributed by atoms with Crippen molar-refractivity contribution in [3.05, 3.63) is 27.7 Å². The van der Waals surface area contributed by atoms with Gasteiger partial charge in [0.2, 0.25) is 0 Å². The minimum Gasteiger partial charge on any atom is -0.492 e. The summed E-state index contributed by atoms with van der Waals surface area (Å²) in [6.07, 6.45) is 3.15. The highest BCUT2D eigenvalue weighted by Crippen LogP contribution is 2.33. The SMILES string of the molecule is CCCNCC(C)(C)CCc1cc(Cl)c(OCC)cc1Cl. The summed E-state index contributed by atoms with van der Waals surface area (Å²) in [6, 6.07) is 3.76. The number of nitrogens with one attached hydrogen (secondary N) is 1. The van der Waals surface area contributed by atoms with Crippen LogP contribution < -0.4 is 10.1 Å². The molecule has 0 heterocycles. The molecule has 21 heavy (non-hydrogen) atoms. The molecule has 4 heteroatoms. The van der Waals surface area contributed by atoms with E-state index >= 15 is 0 Å². The van der Waals surface area contributed by atoms with Crippen molar-refractivity contribution < 1.29 is 4.74 Å². The van der Waals surface area contributed by atoms with Gasteiger partial charge in [0, 0.05) is 17.6 Å². The monoisotopic (exact) mass is 331 g/mol. The molecular formula is C17H27Cl2NO. The molecule has 0 unspecified atom stereocenters. The van der Waals surface area contributed by atoms with Gasteiger partial charge in [-0.2, -0.15) is 0 Å². The zero-order valence-electron chi connectivity index (χ0n) is 13.6. The second kappa shape index (κ2) is 8.87. The number of benzene rings is 1. The fraction of sp³-hybridized carbons (Fsp3) is 0.647. The second-order valence-corrected chi connectivity index (χ2v) is 6.96. The summed E-state index contributed by atoms with van der Waals surface area (Å²) < 4.78 is 5.46. The Morgan fingerprint density at radius 2 is 1.86 bits per heavy atom. The van der Waals surface area contributed by atoms with Crippen molar-refractivity contribution in [2.24, 2.45) is 5.41 Å². The summed E-state index contributed by atoms with van der Waals surface area (Å²) in [6.45, 7) is 11.3. The molecule has 0 aliphatic carbocycles. The molecule has 0 saturated heterocycles. The third kappa shape index (κ3) is 6.46. The van der Waals surface area contributed by atoms with E-state index in [0.29, 0.717) is 17.4 Å². The summed E-state index contributed by atoms with van der Waals surface area (Å²) in [7, 11) is 0. The maximum absolute atomic E-state index is 6.34. The van der Waals surface area contributed by atoms with Crippen LogP contribution in [0.15, 0.2) is 12.1 Å². The van der Waals surface area contributed by atoms with Gasteiger partial charge in [-0.25, -0.2) is 0 Å². The maximum atomic E-state index is 6.34. The topological polar surface area (TPSA) is 21.3 Å². The molecule has 0 spiro atoms. The average molecular weight is 332 g/mol. The van der Waals surface area contributed by atoms with E-state index in [2.05, 4.69) is 26.1 Å². The molecule has 0 aromatic heterocycles. The van der Waals surface area contributed by atoms with Gasteiger partial charge in [0.15, 0.2) is 0 Å². The molecular weight excluding hydrogens is 305 g/mol. The zero-order chi connectivity index (χ0) is 15.9. The third-order valence-electron chi connectivity index (χ3n) is 3.50. The predicted molar refractivity (Wildman–Crippen MR) is 92.9 cm³/mol. The zero-order valence-corrected chi connectivity index (χ0v) is 15.1. The van der Waals surface area contributed by atoms with Crippen molar-refractivity contribution in [2.75, 3.05) is 19.7 Å². The third-order valence-corrected chi connectivity index (χ3v) is 4.15. The molecule has 1 N–H and O–H groups in total. The predicted octanol–water partition coefficient (Wildman–Crippen LogP) is 5.35. The highest BCUT2D eigenvalue weighted by molar-refractivity contribution is 6.34. The van der Waals surface area contributed by atoms with E-state index in [1.165, 1.54) is 0 Å². The van der Waals surface area contributed by atoms with Crippen LogP contribution in [0.25, 0.3) is 0 Å². The molecule has 0 aliphatic rings. The van der Waals surface area contributed by atoms with Gasteiger partial charge >= 0.3 is 0 Å². The van der Waals surface area contributed by atoms with Crippen molar-refractivity contribution in [3.8, 4) is 5.75 Å². The van der Waals surface area contributed by atoms with Crippen molar-refractivity contribution in [2.45, 2.75) is 47.0 Å².